The maximum atomic E-state index is 5.45. The van der Waals surface area contributed by atoms with Gasteiger partial charge in [-0.25, -0.2) is 0 Å². The Kier molecular flexibility index (Phi) is 4.22. The van der Waals surface area contributed by atoms with Gasteiger partial charge in [0.05, 0.1) is 6.54 Å². The molecule has 1 unspecified atom stereocenters. The highest BCUT2D eigenvalue weighted by Crippen LogP contribution is 2.24. The van der Waals surface area contributed by atoms with Crippen LogP contribution in [0.3, 0.4) is 0 Å². The highest BCUT2D eigenvalue weighted by molar-refractivity contribution is 7.08. The molecule has 1 aliphatic heterocycles. The molecule has 4 nitrogen and oxygen atoms in total. The van der Waals surface area contributed by atoms with Crippen molar-refractivity contribution in [1.29, 1.82) is 0 Å². The quantitative estimate of drug-likeness (QED) is 0.711. The smallest absolute Gasteiger partial charge is 0.241 e. The fourth-order valence-corrected chi connectivity index (χ4v) is 3.86. The van der Waals surface area contributed by atoms with Crippen LogP contribution in [-0.2, 0) is 13.0 Å². The molecule has 5 heteroatoms. The van der Waals surface area contributed by atoms with Gasteiger partial charge in [-0.05, 0) is 42.8 Å². The third kappa shape index (κ3) is 3.35. The Labute approximate surface area is 139 Å². The van der Waals surface area contributed by atoms with Gasteiger partial charge in [0.1, 0.15) is 0 Å². The Morgan fingerprint density at radius 1 is 1.22 bits per heavy atom. The van der Waals surface area contributed by atoms with Gasteiger partial charge in [0.25, 0.3) is 0 Å². The molecule has 1 aliphatic rings. The third-order valence-corrected chi connectivity index (χ3v) is 5.08. The maximum absolute atomic E-state index is 5.45. The zero-order valence-corrected chi connectivity index (χ0v) is 13.7. The highest BCUT2D eigenvalue weighted by Gasteiger charge is 2.26. The SMILES string of the molecule is c1ccc(CC2CCCN2Cc2nc(-c3ccsc3)no2)cc1. The summed E-state index contributed by atoms with van der Waals surface area (Å²) in [7, 11) is 0. The molecule has 3 aromatic rings. The molecule has 0 aliphatic carbocycles. The Bertz CT molecular complexity index is 739. The van der Waals surface area contributed by atoms with Crippen LogP contribution in [0.1, 0.15) is 24.3 Å². The molecular formula is C18H19N3OS. The zero-order chi connectivity index (χ0) is 15.5. The van der Waals surface area contributed by atoms with E-state index in [1.807, 2.05) is 16.8 Å². The number of rotatable bonds is 5. The Balaban J connectivity index is 1.43. The second kappa shape index (κ2) is 6.64. The number of nitrogens with zero attached hydrogens (tertiary/aromatic N) is 3. The van der Waals surface area contributed by atoms with E-state index in [1.54, 1.807) is 11.3 Å². The first-order chi connectivity index (χ1) is 11.4. The van der Waals surface area contributed by atoms with Crippen LogP contribution in [0.5, 0.6) is 0 Å². The van der Waals surface area contributed by atoms with Crippen molar-refractivity contribution in [2.75, 3.05) is 6.54 Å². The van der Waals surface area contributed by atoms with Crippen LogP contribution in [-0.4, -0.2) is 27.6 Å². The average Bonchev–Trinajstić information content (AvgIpc) is 3.31. The van der Waals surface area contributed by atoms with Crippen LogP contribution < -0.4 is 0 Å². The molecule has 118 valence electrons. The van der Waals surface area contributed by atoms with E-state index in [0.717, 1.165) is 25.1 Å². The largest absolute Gasteiger partial charge is 0.338 e. The van der Waals surface area contributed by atoms with Gasteiger partial charge in [-0.1, -0.05) is 35.5 Å². The monoisotopic (exact) mass is 325 g/mol. The van der Waals surface area contributed by atoms with Gasteiger partial charge in [-0.3, -0.25) is 4.90 Å². The zero-order valence-electron chi connectivity index (χ0n) is 12.9. The molecule has 0 bridgehead atoms. The minimum Gasteiger partial charge on any atom is -0.338 e. The Morgan fingerprint density at radius 3 is 2.96 bits per heavy atom. The van der Waals surface area contributed by atoms with Crippen molar-refractivity contribution >= 4 is 11.3 Å². The molecular weight excluding hydrogens is 306 g/mol. The molecule has 1 saturated heterocycles. The lowest BCUT2D eigenvalue weighted by Crippen LogP contribution is -2.30. The lowest BCUT2D eigenvalue weighted by Gasteiger charge is -2.22. The topological polar surface area (TPSA) is 42.2 Å². The fourth-order valence-electron chi connectivity index (χ4n) is 3.22. The molecule has 23 heavy (non-hydrogen) atoms. The molecule has 1 atom stereocenters. The van der Waals surface area contributed by atoms with Crippen molar-refractivity contribution in [3.8, 4) is 11.4 Å². The van der Waals surface area contributed by atoms with Crippen LogP contribution in [0.15, 0.2) is 51.7 Å². The summed E-state index contributed by atoms with van der Waals surface area (Å²) < 4.78 is 5.45. The van der Waals surface area contributed by atoms with E-state index in [4.69, 9.17) is 4.52 Å². The van der Waals surface area contributed by atoms with Crippen LogP contribution in [0.2, 0.25) is 0 Å². The number of benzene rings is 1. The predicted molar refractivity (Wildman–Crippen MR) is 91.2 cm³/mol. The van der Waals surface area contributed by atoms with Gasteiger partial charge < -0.3 is 4.52 Å². The molecule has 0 N–H and O–H groups in total. The van der Waals surface area contributed by atoms with E-state index in [9.17, 15) is 0 Å². The number of likely N-dealkylation sites (tertiary alicyclic amines) is 1. The number of aromatic nitrogens is 2. The Hall–Kier alpha value is -1.98. The second-order valence-corrected chi connectivity index (χ2v) is 6.76. The first kappa shape index (κ1) is 14.6. The maximum Gasteiger partial charge on any atom is 0.241 e. The van der Waals surface area contributed by atoms with Crippen LogP contribution in [0.25, 0.3) is 11.4 Å². The molecule has 3 heterocycles. The van der Waals surface area contributed by atoms with Crippen molar-refractivity contribution in [2.24, 2.45) is 0 Å². The standard InChI is InChI=1S/C18H19N3OS/c1-2-5-14(6-3-1)11-16-7-4-9-21(16)12-17-19-18(20-22-17)15-8-10-23-13-15/h1-3,5-6,8,10,13,16H,4,7,9,11-12H2. The minimum absolute atomic E-state index is 0.564. The summed E-state index contributed by atoms with van der Waals surface area (Å²) in [6.07, 6.45) is 3.57. The van der Waals surface area contributed by atoms with Gasteiger partial charge in [0.15, 0.2) is 0 Å². The number of hydrogen-bond acceptors (Lipinski definition) is 5. The molecule has 0 radical (unpaired) electrons. The van der Waals surface area contributed by atoms with Crippen molar-refractivity contribution < 1.29 is 4.52 Å². The van der Waals surface area contributed by atoms with Gasteiger partial charge in [-0.15, -0.1) is 0 Å². The van der Waals surface area contributed by atoms with E-state index in [-0.39, 0.29) is 0 Å². The summed E-state index contributed by atoms with van der Waals surface area (Å²) in [6, 6.07) is 13.3. The van der Waals surface area contributed by atoms with Crippen molar-refractivity contribution in [3.63, 3.8) is 0 Å². The van der Waals surface area contributed by atoms with E-state index >= 15 is 0 Å². The van der Waals surface area contributed by atoms with Crippen molar-refractivity contribution in [1.82, 2.24) is 15.0 Å². The second-order valence-electron chi connectivity index (χ2n) is 5.98. The van der Waals surface area contributed by atoms with Gasteiger partial charge in [0, 0.05) is 17.0 Å². The predicted octanol–water partition coefficient (Wildman–Crippen LogP) is 4.01. The molecule has 0 spiro atoms. The minimum atomic E-state index is 0.564. The molecule has 0 saturated carbocycles. The molecule has 0 amide bonds. The molecule has 2 aromatic heterocycles. The van der Waals surface area contributed by atoms with Gasteiger partial charge in [-0.2, -0.15) is 16.3 Å². The third-order valence-electron chi connectivity index (χ3n) is 4.40. The lowest BCUT2D eigenvalue weighted by atomic mass is 10.0. The van der Waals surface area contributed by atoms with E-state index in [2.05, 4.69) is 45.4 Å². The fraction of sp³-hybridized carbons (Fsp3) is 0.333. The van der Waals surface area contributed by atoms with E-state index in [1.165, 1.54) is 18.4 Å². The van der Waals surface area contributed by atoms with Gasteiger partial charge >= 0.3 is 0 Å². The summed E-state index contributed by atoms with van der Waals surface area (Å²) in [6.45, 7) is 1.85. The van der Waals surface area contributed by atoms with Crippen molar-refractivity contribution in [3.05, 3.63) is 58.6 Å². The summed E-state index contributed by atoms with van der Waals surface area (Å²) in [5.74, 6) is 1.41. The molecule has 1 aromatic carbocycles. The first-order valence-corrected chi connectivity index (χ1v) is 8.96. The van der Waals surface area contributed by atoms with Gasteiger partial charge in [0.2, 0.25) is 11.7 Å². The molecule has 4 rings (SSSR count). The lowest BCUT2D eigenvalue weighted by molar-refractivity contribution is 0.210. The average molecular weight is 325 g/mol. The van der Waals surface area contributed by atoms with E-state index < -0.39 is 0 Å². The molecule has 1 fully saturated rings. The summed E-state index contributed by atoms with van der Waals surface area (Å²) in [5, 5.41) is 8.18. The Morgan fingerprint density at radius 2 is 2.13 bits per heavy atom. The van der Waals surface area contributed by atoms with Crippen LogP contribution in [0.4, 0.5) is 0 Å². The van der Waals surface area contributed by atoms with Crippen molar-refractivity contribution in [2.45, 2.75) is 31.8 Å². The summed E-state index contributed by atoms with van der Waals surface area (Å²) >= 11 is 1.65. The van der Waals surface area contributed by atoms with E-state index in [0.29, 0.717) is 17.8 Å². The summed E-state index contributed by atoms with van der Waals surface area (Å²) in [4.78, 5) is 7.02. The summed E-state index contributed by atoms with van der Waals surface area (Å²) in [5.41, 5.74) is 2.43. The normalized spacial score (nSPS) is 18.5. The number of thiophene rings is 1. The highest BCUT2D eigenvalue weighted by atomic mass is 32.1. The first-order valence-electron chi connectivity index (χ1n) is 8.01. The number of hydrogen-bond donors (Lipinski definition) is 0. The van der Waals surface area contributed by atoms with Crippen LogP contribution in [0, 0.1) is 0 Å². The van der Waals surface area contributed by atoms with Crippen LogP contribution >= 0.6 is 11.3 Å².